The van der Waals surface area contributed by atoms with Crippen LogP contribution in [0.4, 0.5) is 8.78 Å². The van der Waals surface area contributed by atoms with Gasteiger partial charge < -0.3 is 9.84 Å². The van der Waals surface area contributed by atoms with E-state index in [1.165, 1.54) is 12.1 Å². The molecule has 0 atom stereocenters. The highest BCUT2D eigenvalue weighted by Gasteiger charge is 2.47. The minimum atomic E-state index is -2.63. The van der Waals surface area contributed by atoms with Crippen molar-refractivity contribution in [2.75, 3.05) is 0 Å². The lowest BCUT2D eigenvalue weighted by molar-refractivity contribution is -0.135. The van der Waals surface area contributed by atoms with E-state index >= 15 is 0 Å². The standard InChI is InChI=1S/C10H9F2NO3/c11-10(12)3-7(4-10)16-8-2-1-6(5-13-8)9(14)15/h1-2,5,7H,3-4H2,(H,14,15). The summed E-state index contributed by atoms with van der Waals surface area (Å²) in [4.78, 5) is 14.2. The second kappa shape index (κ2) is 3.70. The van der Waals surface area contributed by atoms with Crippen LogP contribution in [0.2, 0.25) is 0 Å². The van der Waals surface area contributed by atoms with Crippen LogP contribution in [0.5, 0.6) is 5.88 Å². The largest absolute Gasteiger partial charge is 0.478 e. The Morgan fingerprint density at radius 2 is 2.19 bits per heavy atom. The number of aromatic carboxylic acids is 1. The smallest absolute Gasteiger partial charge is 0.337 e. The van der Waals surface area contributed by atoms with Crippen LogP contribution in [0, 0.1) is 0 Å². The number of aromatic nitrogens is 1. The summed E-state index contributed by atoms with van der Waals surface area (Å²) in [7, 11) is 0. The quantitative estimate of drug-likeness (QED) is 0.860. The predicted molar refractivity (Wildman–Crippen MR) is 49.8 cm³/mol. The molecular weight excluding hydrogens is 220 g/mol. The molecule has 16 heavy (non-hydrogen) atoms. The van der Waals surface area contributed by atoms with Gasteiger partial charge in [-0.25, -0.2) is 18.6 Å². The zero-order chi connectivity index (χ0) is 11.8. The third kappa shape index (κ3) is 2.26. The van der Waals surface area contributed by atoms with Gasteiger partial charge in [0.05, 0.1) is 5.56 Å². The van der Waals surface area contributed by atoms with Gasteiger partial charge in [-0.2, -0.15) is 0 Å². The minimum Gasteiger partial charge on any atom is -0.478 e. The second-order valence-electron chi connectivity index (χ2n) is 3.69. The van der Waals surface area contributed by atoms with Gasteiger partial charge in [0, 0.05) is 25.1 Å². The summed E-state index contributed by atoms with van der Waals surface area (Å²) in [6.07, 6.45) is -0.0164. The lowest BCUT2D eigenvalue weighted by atomic mass is 9.91. The molecule has 0 unspecified atom stereocenters. The Bertz CT molecular complexity index is 397. The van der Waals surface area contributed by atoms with Crippen LogP contribution in [-0.2, 0) is 0 Å². The fraction of sp³-hybridized carbons (Fsp3) is 0.400. The monoisotopic (exact) mass is 229 g/mol. The van der Waals surface area contributed by atoms with E-state index in [0.717, 1.165) is 6.20 Å². The van der Waals surface area contributed by atoms with Gasteiger partial charge in [-0.3, -0.25) is 0 Å². The Labute approximate surface area is 89.9 Å². The van der Waals surface area contributed by atoms with Crippen LogP contribution in [0.15, 0.2) is 18.3 Å². The Hall–Kier alpha value is -1.72. The van der Waals surface area contributed by atoms with Gasteiger partial charge in [-0.1, -0.05) is 0 Å². The van der Waals surface area contributed by atoms with Crippen molar-refractivity contribution >= 4 is 5.97 Å². The number of carbonyl (C=O) groups is 1. The van der Waals surface area contributed by atoms with Crippen LogP contribution in [-0.4, -0.2) is 28.1 Å². The van der Waals surface area contributed by atoms with E-state index in [2.05, 4.69) is 4.98 Å². The number of carboxylic acids is 1. The van der Waals surface area contributed by atoms with Crippen LogP contribution >= 0.6 is 0 Å². The van der Waals surface area contributed by atoms with Crippen molar-refractivity contribution in [2.24, 2.45) is 0 Å². The molecule has 0 radical (unpaired) electrons. The highest BCUT2D eigenvalue weighted by Crippen LogP contribution is 2.39. The lowest BCUT2D eigenvalue weighted by Crippen LogP contribution is -2.43. The van der Waals surface area contributed by atoms with E-state index in [1.807, 2.05) is 0 Å². The maximum Gasteiger partial charge on any atom is 0.337 e. The molecule has 0 bridgehead atoms. The zero-order valence-electron chi connectivity index (χ0n) is 8.19. The Morgan fingerprint density at radius 3 is 2.62 bits per heavy atom. The molecule has 1 heterocycles. The molecule has 1 saturated carbocycles. The molecule has 1 aliphatic carbocycles. The molecule has 86 valence electrons. The topological polar surface area (TPSA) is 59.4 Å². The van der Waals surface area contributed by atoms with Crippen molar-refractivity contribution in [3.8, 4) is 5.88 Å². The first-order chi connectivity index (χ1) is 7.46. The summed E-state index contributed by atoms with van der Waals surface area (Å²) in [5.74, 6) is -3.55. The highest BCUT2D eigenvalue weighted by molar-refractivity contribution is 5.87. The average Bonchev–Trinajstić information content (AvgIpc) is 2.15. The number of pyridine rings is 1. The fourth-order valence-corrected chi connectivity index (χ4v) is 1.44. The minimum absolute atomic E-state index is 0.0336. The van der Waals surface area contributed by atoms with Crippen molar-refractivity contribution in [1.82, 2.24) is 4.98 Å². The van der Waals surface area contributed by atoms with Crippen molar-refractivity contribution in [3.05, 3.63) is 23.9 Å². The van der Waals surface area contributed by atoms with Crippen LogP contribution in [0.3, 0.4) is 0 Å². The molecule has 0 saturated heterocycles. The first-order valence-electron chi connectivity index (χ1n) is 4.70. The molecule has 4 nitrogen and oxygen atoms in total. The fourth-order valence-electron chi connectivity index (χ4n) is 1.44. The summed E-state index contributed by atoms with van der Waals surface area (Å²) < 4.78 is 30.1. The molecule has 1 aliphatic rings. The van der Waals surface area contributed by atoms with Crippen molar-refractivity contribution in [1.29, 1.82) is 0 Å². The molecule has 1 aromatic rings. The van der Waals surface area contributed by atoms with Gasteiger partial charge in [-0.15, -0.1) is 0 Å². The van der Waals surface area contributed by atoms with Crippen LogP contribution in [0.25, 0.3) is 0 Å². The number of hydrogen-bond acceptors (Lipinski definition) is 3. The van der Waals surface area contributed by atoms with Gasteiger partial charge in [0.15, 0.2) is 0 Å². The zero-order valence-corrected chi connectivity index (χ0v) is 8.19. The van der Waals surface area contributed by atoms with E-state index in [-0.39, 0.29) is 24.3 Å². The normalized spacial score (nSPS) is 18.9. The molecule has 0 amide bonds. The number of alkyl halides is 2. The maximum absolute atomic E-state index is 12.5. The first kappa shape index (κ1) is 10.8. The Morgan fingerprint density at radius 1 is 1.50 bits per heavy atom. The first-order valence-corrected chi connectivity index (χ1v) is 4.70. The number of hydrogen-bond donors (Lipinski definition) is 1. The summed E-state index contributed by atoms with van der Waals surface area (Å²) in [6.45, 7) is 0. The number of nitrogens with zero attached hydrogens (tertiary/aromatic N) is 1. The maximum atomic E-state index is 12.5. The van der Waals surface area contributed by atoms with E-state index in [0.29, 0.717) is 0 Å². The summed E-state index contributed by atoms with van der Waals surface area (Å²) in [5, 5.41) is 8.60. The highest BCUT2D eigenvalue weighted by atomic mass is 19.3. The SMILES string of the molecule is O=C(O)c1ccc(OC2CC(F)(F)C2)nc1. The van der Waals surface area contributed by atoms with Gasteiger partial charge >= 0.3 is 5.97 Å². The number of ether oxygens (including phenoxy) is 1. The average molecular weight is 229 g/mol. The number of carboxylic acid groups (broad SMARTS) is 1. The van der Waals surface area contributed by atoms with Crippen molar-refractivity contribution in [2.45, 2.75) is 24.9 Å². The molecule has 0 spiro atoms. The van der Waals surface area contributed by atoms with Gasteiger partial charge in [0.1, 0.15) is 6.10 Å². The lowest BCUT2D eigenvalue weighted by Gasteiger charge is -2.34. The van der Waals surface area contributed by atoms with Gasteiger partial charge in [0.2, 0.25) is 5.88 Å². The predicted octanol–water partition coefficient (Wildman–Crippen LogP) is 1.96. The molecular formula is C10H9F2NO3. The number of rotatable bonds is 3. The van der Waals surface area contributed by atoms with Crippen LogP contribution < -0.4 is 4.74 Å². The summed E-state index contributed by atoms with van der Waals surface area (Å²) in [5.41, 5.74) is 0.0336. The van der Waals surface area contributed by atoms with E-state index in [1.54, 1.807) is 0 Å². The van der Waals surface area contributed by atoms with Gasteiger partial charge in [0.25, 0.3) is 5.92 Å². The second-order valence-corrected chi connectivity index (χ2v) is 3.69. The van der Waals surface area contributed by atoms with Crippen molar-refractivity contribution < 1.29 is 23.4 Å². The molecule has 2 rings (SSSR count). The molecule has 1 aromatic heterocycles. The molecule has 0 aliphatic heterocycles. The van der Waals surface area contributed by atoms with Gasteiger partial charge in [-0.05, 0) is 6.07 Å². The third-order valence-corrected chi connectivity index (χ3v) is 2.32. The van der Waals surface area contributed by atoms with Crippen molar-refractivity contribution in [3.63, 3.8) is 0 Å². The van der Waals surface area contributed by atoms with E-state index in [9.17, 15) is 13.6 Å². The van der Waals surface area contributed by atoms with Crippen LogP contribution in [0.1, 0.15) is 23.2 Å². The van der Waals surface area contributed by atoms with E-state index in [4.69, 9.17) is 9.84 Å². The molecule has 1 N–H and O–H groups in total. The van der Waals surface area contributed by atoms with E-state index < -0.39 is 18.0 Å². The Balaban J connectivity index is 1.94. The number of halogens is 2. The third-order valence-electron chi connectivity index (χ3n) is 2.32. The molecule has 6 heteroatoms. The molecule has 0 aromatic carbocycles. The summed E-state index contributed by atoms with van der Waals surface area (Å²) in [6, 6.07) is 2.68. The molecule has 1 fully saturated rings. The Kier molecular flexibility index (Phi) is 2.49. The summed E-state index contributed by atoms with van der Waals surface area (Å²) >= 11 is 0.